The number of nitrogens with one attached hydrogen (secondary N) is 2. The number of rotatable bonds is 5. The van der Waals surface area contributed by atoms with E-state index in [1.54, 1.807) is 6.08 Å². The van der Waals surface area contributed by atoms with Crippen LogP contribution in [0.3, 0.4) is 0 Å². The van der Waals surface area contributed by atoms with Gasteiger partial charge in [-0.05, 0) is 23.6 Å². The number of nitrogens with zero attached hydrogens (tertiary/aromatic N) is 1. The Morgan fingerprint density at radius 1 is 1.46 bits per heavy atom. The monoisotopic (exact) mass is 421 g/mol. The molecule has 1 aromatic carbocycles. The molecule has 0 bridgehead atoms. The minimum absolute atomic E-state index is 0.0404. The third-order valence-corrected chi connectivity index (χ3v) is 3.70. The van der Waals surface area contributed by atoms with Crippen LogP contribution >= 0.6 is 27.7 Å². The van der Waals surface area contributed by atoms with Crippen molar-refractivity contribution in [3.63, 3.8) is 0 Å². The molecule has 2 N–H and O–H groups in total. The number of benzene rings is 1. The quantitative estimate of drug-likeness (QED) is 0.304. The predicted molar refractivity (Wildman–Crippen MR) is 95.8 cm³/mol. The van der Waals surface area contributed by atoms with Gasteiger partial charge in [0.05, 0.1) is 11.3 Å². The molecule has 0 fully saturated rings. The van der Waals surface area contributed by atoms with Crippen LogP contribution in [0.25, 0.3) is 0 Å². The lowest BCUT2D eigenvalue weighted by Gasteiger charge is -2.23. The number of carbonyl (C=O) groups excluding carboxylic acids is 1. The largest absolute Gasteiger partial charge is 0.416 e. The topological polar surface area (TPSA) is 56.2 Å². The number of alkyl halides is 4. The molecule has 0 aliphatic rings. The average Bonchev–Trinajstić information content (AvgIpc) is 2.53. The molecule has 0 saturated carbocycles. The van der Waals surface area contributed by atoms with Crippen molar-refractivity contribution in [3.05, 3.63) is 54.0 Å². The van der Waals surface area contributed by atoms with Crippen molar-refractivity contribution in [1.82, 2.24) is 5.32 Å². The predicted octanol–water partition coefficient (Wildman–Crippen LogP) is 4.98. The highest BCUT2D eigenvalue weighted by Gasteiger charge is 2.31. The van der Waals surface area contributed by atoms with Gasteiger partial charge in [0.25, 0.3) is 0 Å². The first-order chi connectivity index (χ1) is 11.3. The molecule has 1 aromatic rings. The highest BCUT2D eigenvalue weighted by atomic mass is 79.9. The summed E-state index contributed by atoms with van der Waals surface area (Å²) < 4.78 is 38.6. The first kappa shape index (κ1) is 20.3. The fourth-order valence-electron chi connectivity index (χ4n) is 1.59. The van der Waals surface area contributed by atoms with E-state index in [0.717, 1.165) is 28.8 Å². The van der Waals surface area contributed by atoms with Gasteiger partial charge in [-0.25, -0.2) is 9.69 Å². The van der Waals surface area contributed by atoms with Crippen LogP contribution in [-0.2, 0) is 6.18 Å². The number of halogens is 4. The summed E-state index contributed by atoms with van der Waals surface area (Å²) in [6.45, 7) is 3.75. The van der Waals surface area contributed by atoms with E-state index >= 15 is 0 Å². The smallest absolute Gasteiger partial charge is 0.336 e. The molecule has 0 saturated heterocycles. The molecule has 9 heteroatoms. The molecule has 130 valence electrons. The molecular formula is C15H15BrF3N3OS. The van der Waals surface area contributed by atoms with Gasteiger partial charge in [0.15, 0.2) is 5.17 Å². The van der Waals surface area contributed by atoms with Gasteiger partial charge < -0.3 is 5.32 Å². The molecule has 0 radical (unpaired) electrons. The minimum Gasteiger partial charge on any atom is -0.336 e. The van der Waals surface area contributed by atoms with E-state index in [9.17, 15) is 18.0 Å². The summed E-state index contributed by atoms with van der Waals surface area (Å²) in [6, 6.07) is 3.60. The molecule has 2 amide bonds. The molecule has 0 unspecified atom stereocenters. The molecular weight excluding hydrogens is 407 g/mol. The average molecular weight is 422 g/mol. The Bertz CT molecular complexity index is 635. The highest BCUT2D eigenvalue weighted by molar-refractivity contribution is 9.09. The van der Waals surface area contributed by atoms with E-state index in [-0.39, 0.29) is 17.4 Å². The van der Waals surface area contributed by atoms with E-state index in [0.29, 0.717) is 5.33 Å². The lowest BCUT2D eigenvalue weighted by molar-refractivity contribution is -0.137. The van der Waals surface area contributed by atoms with Gasteiger partial charge in [-0.3, -0.25) is 5.41 Å². The molecule has 1 rings (SSSR count). The van der Waals surface area contributed by atoms with E-state index in [1.807, 2.05) is 0 Å². The second kappa shape index (κ2) is 9.53. The zero-order valence-corrected chi connectivity index (χ0v) is 14.8. The van der Waals surface area contributed by atoms with Crippen molar-refractivity contribution < 1.29 is 18.0 Å². The minimum atomic E-state index is -4.54. The molecule has 4 nitrogen and oxygen atoms in total. The van der Waals surface area contributed by atoms with Crippen LogP contribution in [0, 0.1) is 5.41 Å². The lowest BCUT2D eigenvalue weighted by atomic mass is 10.2. The maximum atomic E-state index is 12.9. The summed E-state index contributed by atoms with van der Waals surface area (Å²) in [4.78, 5) is 13.1. The van der Waals surface area contributed by atoms with Crippen LogP contribution in [0.4, 0.5) is 23.7 Å². The maximum absolute atomic E-state index is 12.9. The Labute approximate surface area is 150 Å². The van der Waals surface area contributed by atoms with Gasteiger partial charge in [0, 0.05) is 11.9 Å². The number of amides is 2. The van der Waals surface area contributed by atoms with E-state index in [4.69, 9.17) is 5.41 Å². The second-order valence-corrected chi connectivity index (χ2v) is 5.98. The molecule has 0 aromatic heterocycles. The number of thioether (sulfide) groups is 1. The van der Waals surface area contributed by atoms with E-state index in [2.05, 4.69) is 27.8 Å². The Morgan fingerprint density at radius 3 is 2.75 bits per heavy atom. The fraction of sp³-hybridized carbons (Fsp3) is 0.200. The van der Waals surface area contributed by atoms with Gasteiger partial charge in [0.2, 0.25) is 0 Å². The summed E-state index contributed by atoms with van der Waals surface area (Å²) in [7, 11) is 0. The molecule has 0 aliphatic heterocycles. The van der Waals surface area contributed by atoms with Crippen LogP contribution in [-0.4, -0.2) is 23.1 Å². The highest BCUT2D eigenvalue weighted by Crippen LogP contribution is 2.32. The lowest BCUT2D eigenvalue weighted by Crippen LogP contribution is -2.43. The molecule has 0 spiro atoms. The van der Waals surface area contributed by atoms with Gasteiger partial charge >= 0.3 is 12.2 Å². The SMILES string of the molecule is C=C/C=C\SC(=N)N(C(=O)NCCBr)c1cccc(C(F)(F)F)c1. The maximum Gasteiger partial charge on any atom is 0.416 e. The summed E-state index contributed by atoms with van der Waals surface area (Å²) in [5.74, 6) is 0. The first-order valence-corrected chi connectivity index (χ1v) is 8.65. The van der Waals surface area contributed by atoms with Crippen molar-refractivity contribution in [1.29, 1.82) is 5.41 Å². The van der Waals surface area contributed by atoms with E-state index in [1.165, 1.54) is 23.6 Å². The number of anilines is 1. The van der Waals surface area contributed by atoms with Gasteiger partial charge in [0.1, 0.15) is 0 Å². The van der Waals surface area contributed by atoms with Crippen LogP contribution in [0.5, 0.6) is 0 Å². The summed E-state index contributed by atoms with van der Waals surface area (Å²) >= 11 is 4.03. The van der Waals surface area contributed by atoms with E-state index < -0.39 is 17.8 Å². The first-order valence-electron chi connectivity index (χ1n) is 6.65. The van der Waals surface area contributed by atoms with Gasteiger partial charge in [-0.15, -0.1) is 0 Å². The standard InChI is InChI=1S/C15H15BrF3N3OS/c1-2-3-9-24-13(20)22(14(23)21-8-7-16)12-6-4-5-11(10-12)15(17,18)19/h2-6,9-10,20H,1,7-8H2,(H,21,23)/b9-3-,20-13?. The Morgan fingerprint density at radius 2 is 2.17 bits per heavy atom. The fourth-order valence-corrected chi connectivity index (χ4v) is 2.40. The molecule has 0 atom stereocenters. The number of carbonyl (C=O) groups is 1. The summed E-state index contributed by atoms with van der Waals surface area (Å²) in [6.07, 6.45) is -1.49. The zero-order chi connectivity index (χ0) is 18.2. The summed E-state index contributed by atoms with van der Waals surface area (Å²) in [5.41, 5.74) is -0.931. The number of urea groups is 1. The van der Waals surface area contributed by atoms with Crippen molar-refractivity contribution >= 4 is 44.6 Å². The van der Waals surface area contributed by atoms with Crippen molar-refractivity contribution in [2.45, 2.75) is 6.18 Å². The van der Waals surface area contributed by atoms with Gasteiger partial charge in [-0.1, -0.05) is 52.5 Å². The Balaban J connectivity index is 3.17. The third-order valence-electron chi connectivity index (χ3n) is 2.60. The van der Waals surface area contributed by atoms with Crippen LogP contribution < -0.4 is 10.2 Å². The second-order valence-electron chi connectivity index (χ2n) is 4.29. The number of amidine groups is 1. The molecule has 0 aliphatic carbocycles. The van der Waals surface area contributed by atoms with Gasteiger partial charge in [-0.2, -0.15) is 13.2 Å². The van der Waals surface area contributed by atoms with Crippen molar-refractivity contribution in [2.75, 3.05) is 16.8 Å². The zero-order valence-electron chi connectivity index (χ0n) is 12.4. The number of hydrogen-bond acceptors (Lipinski definition) is 3. The number of hydrogen-bond donors (Lipinski definition) is 2. The van der Waals surface area contributed by atoms with Crippen molar-refractivity contribution in [3.8, 4) is 0 Å². The summed E-state index contributed by atoms with van der Waals surface area (Å²) in [5, 5.41) is 12.3. The molecule has 24 heavy (non-hydrogen) atoms. The normalized spacial score (nSPS) is 11.3. The van der Waals surface area contributed by atoms with Crippen molar-refractivity contribution in [2.24, 2.45) is 0 Å². The Hall–Kier alpha value is -1.74. The van der Waals surface area contributed by atoms with Crippen LogP contribution in [0.1, 0.15) is 5.56 Å². The number of allylic oxidation sites excluding steroid dienone is 2. The van der Waals surface area contributed by atoms with Crippen LogP contribution in [0.15, 0.2) is 48.4 Å². The molecule has 0 heterocycles. The Kier molecular flexibility index (Phi) is 8.06. The van der Waals surface area contributed by atoms with Crippen LogP contribution in [0.2, 0.25) is 0 Å². The third kappa shape index (κ3) is 6.04.